The molecule has 3 rings (SSSR count). The molecule has 1 saturated heterocycles. The van der Waals surface area contributed by atoms with Gasteiger partial charge in [-0.15, -0.1) is 0 Å². The van der Waals surface area contributed by atoms with Gasteiger partial charge in [-0.2, -0.15) is 0 Å². The summed E-state index contributed by atoms with van der Waals surface area (Å²) in [5.74, 6) is -0.265. The molecule has 0 unspecified atom stereocenters. The van der Waals surface area contributed by atoms with Crippen molar-refractivity contribution in [3.05, 3.63) is 34.8 Å². The van der Waals surface area contributed by atoms with Gasteiger partial charge in [-0.3, -0.25) is 9.47 Å². The Morgan fingerprint density at radius 1 is 1.30 bits per heavy atom. The maximum absolute atomic E-state index is 11.9. The zero-order valence-corrected chi connectivity index (χ0v) is 12.1. The summed E-state index contributed by atoms with van der Waals surface area (Å²) in [4.78, 5) is 14.4. The molecule has 5 heteroatoms. The third kappa shape index (κ3) is 2.39. The molecule has 5 nitrogen and oxygen atoms in total. The second kappa shape index (κ2) is 5.07. The fourth-order valence-corrected chi connectivity index (χ4v) is 2.88. The summed E-state index contributed by atoms with van der Waals surface area (Å²) in [6, 6.07) is 7.59. The van der Waals surface area contributed by atoms with Crippen LogP contribution in [0.15, 0.2) is 33.5 Å². The van der Waals surface area contributed by atoms with Crippen molar-refractivity contribution in [2.24, 2.45) is 0 Å². The minimum absolute atomic E-state index is 0.126. The first-order chi connectivity index (χ1) is 9.58. The molecule has 2 heterocycles. The Bertz CT molecular complexity index is 656. The van der Waals surface area contributed by atoms with E-state index in [0.29, 0.717) is 12.1 Å². The molecule has 108 valence electrons. The summed E-state index contributed by atoms with van der Waals surface area (Å²) < 4.78 is 7.00. The first-order valence-electron chi connectivity index (χ1n) is 7.12. The van der Waals surface area contributed by atoms with E-state index in [-0.39, 0.29) is 11.3 Å². The molecule has 0 saturated carbocycles. The van der Waals surface area contributed by atoms with E-state index in [1.165, 1.54) is 0 Å². The Morgan fingerprint density at radius 3 is 2.90 bits per heavy atom. The van der Waals surface area contributed by atoms with E-state index in [4.69, 9.17) is 4.42 Å². The molecule has 0 amide bonds. The highest BCUT2D eigenvalue weighted by Crippen LogP contribution is 2.17. The van der Waals surface area contributed by atoms with Crippen molar-refractivity contribution in [1.82, 2.24) is 14.8 Å². The number of hydrogen-bond donors (Lipinski definition) is 1. The van der Waals surface area contributed by atoms with Crippen molar-refractivity contribution in [1.29, 1.82) is 0 Å². The molecule has 0 atom stereocenters. The number of rotatable bonds is 3. The van der Waals surface area contributed by atoms with Gasteiger partial charge in [-0.1, -0.05) is 12.1 Å². The quantitative estimate of drug-likeness (QED) is 0.917. The first-order valence-corrected chi connectivity index (χ1v) is 7.12. The third-order valence-corrected chi connectivity index (χ3v) is 4.14. The molecule has 0 spiro atoms. The van der Waals surface area contributed by atoms with Gasteiger partial charge in [0.2, 0.25) is 0 Å². The van der Waals surface area contributed by atoms with Gasteiger partial charge in [-0.25, -0.2) is 4.79 Å². The van der Waals surface area contributed by atoms with Gasteiger partial charge in [0.25, 0.3) is 0 Å². The maximum atomic E-state index is 11.9. The predicted octanol–water partition coefficient (Wildman–Crippen LogP) is 1.28. The molecule has 1 aliphatic heterocycles. The molecule has 1 fully saturated rings. The van der Waals surface area contributed by atoms with Crippen LogP contribution >= 0.6 is 0 Å². The lowest BCUT2D eigenvalue weighted by atomic mass is 10.0. The molecular formula is C15H21N3O2. The van der Waals surface area contributed by atoms with Crippen LogP contribution in [-0.4, -0.2) is 41.2 Å². The van der Waals surface area contributed by atoms with E-state index in [9.17, 15) is 4.79 Å². The Kier molecular flexibility index (Phi) is 3.40. The molecule has 0 bridgehead atoms. The van der Waals surface area contributed by atoms with Crippen molar-refractivity contribution in [3.63, 3.8) is 0 Å². The van der Waals surface area contributed by atoms with Crippen molar-refractivity contribution < 1.29 is 4.42 Å². The average Bonchev–Trinajstić information content (AvgIpc) is 2.73. The highest BCUT2D eigenvalue weighted by molar-refractivity contribution is 5.72. The number of aromatic nitrogens is 1. The lowest BCUT2D eigenvalue weighted by Gasteiger charge is -2.42. The van der Waals surface area contributed by atoms with Crippen molar-refractivity contribution in [2.45, 2.75) is 25.9 Å². The summed E-state index contributed by atoms with van der Waals surface area (Å²) in [6.45, 7) is 8.98. The van der Waals surface area contributed by atoms with Gasteiger partial charge in [0, 0.05) is 38.3 Å². The normalized spacial score (nSPS) is 19.5. The average molecular weight is 275 g/mol. The minimum Gasteiger partial charge on any atom is -0.408 e. The Balaban J connectivity index is 1.80. The summed E-state index contributed by atoms with van der Waals surface area (Å²) in [5.41, 5.74) is 1.67. The largest absolute Gasteiger partial charge is 0.419 e. The van der Waals surface area contributed by atoms with Crippen LogP contribution in [0.2, 0.25) is 0 Å². The van der Waals surface area contributed by atoms with Gasteiger partial charge in [0.15, 0.2) is 5.58 Å². The van der Waals surface area contributed by atoms with Crippen LogP contribution in [0.4, 0.5) is 0 Å². The number of nitrogens with one attached hydrogen (secondary N) is 1. The van der Waals surface area contributed by atoms with E-state index >= 15 is 0 Å². The molecule has 0 aliphatic carbocycles. The lowest BCUT2D eigenvalue weighted by molar-refractivity contribution is 0.0864. The molecule has 1 aromatic carbocycles. The number of benzene rings is 1. The van der Waals surface area contributed by atoms with Crippen LogP contribution in [0.25, 0.3) is 11.1 Å². The fourth-order valence-electron chi connectivity index (χ4n) is 2.88. The molecule has 2 aromatic rings. The lowest BCUT2D eigenvalue weighted by Crippen LogP contribution is -2.58. The summed E-state index contributed by atoms with van der Waals surface area (Å²) in [5, 5.41) is 3.41. The third-order valence-electron chi connectivity index (χ3n) is 4.14. The summed E-state index contributed by atoms with van der Waals surface area (Å²) >= 11 is 0. The van der Waals surface area contributed by atoms with Crippen molar-refractivity contribution >= 4 is 11.1 Å². The number of fused-ring (bicyclic) bond motifs is 1. The van der Waals surface area contributed by atoms with Crippen molar-refractivity contribution in [3.8, 4) is 0 Å². The summed E-state index contributed by atoms with van der Waals surface area (Å²) in [6.07, 6.45) is 0. The first kappa shape index (κ1) is 13.4. The van der Waals surface area contributed by atoms with Gasteiger partial charge in [0.05, 0.1) is 5.52 Å². The van der Waals surface area contributed by atoms with E-state index in [0.717, 1.165) is 31.7 Å². The number of para-hydroxylation sites is 2. The van der Waals surface area contributed by atoms with Crippen LogP contribution < -0.4 is 11.1 Å². The monoisotopic (exact) mass is 275 g/mol. The van der Waals surface area contributed by atoms with Crippen LogP contribution in [0.1, 0.15) is 13.8 Å². The molecule has 0 radical (unpaired) electrons. The molecule has 1 aromatic heterocycles. The van der Waals surface area contributed by atoms with Gasteiger partial charge >= 0.3 is 5.76 Å². The maximum Gasteiger partial charge on any atom is 0.419 e. The van der Waals surface area contributed by atoms with Crippen LogP contribution in [0, 0.1) is 0 Å². The number of hydrogen-bond acceptors (Lipinski definition) is 4. The zero-order valence-electron chi connectivity index (χ0n) is 12.1. The molecular weight excluding hydrogens is 254 g/mol. The highest BCUT2D eigenvalue weighted by Gasteiger charge is 2.29. The number of oxazole rings is 1. The zero-order chi connectivity index (χ0) is 14.2. The Labute approximate surface area is 118 Å². The second-order valence-corrected chi connectivity index (χ2v) is 5.96. The topological polar surface area (TPSA) is 50.4 Å². The van der Waals surface area contributed by atoms with E-state index < -0.39 is 0 Å². The molecule has 1 aliphatic rings. The van der Waals surface area contributed by atoms with Gasteiger partial charge in [0.1, 0.15) is 0 Å². The van der Waals surface area contributed by atoms with Crippen molar-refractivity contribution in [2.75, 3.05) is 26.2 Å². The van der Waals surface area contributed by atoms with Crippen LogP contribution in [0.5, 0.6) is 0 Å². The Morgan fingerprint density at radius 2 is 2.10 bits per heavy atom. The predicted molar refractivity (Wildman–Crippen MR) is 79.0 cm³/mol. The molecule has 20 heavy (non-hydrogen) atoms. The van der Waals surface area contributed by atoms with Crippen LogP contribution in [0.3, 0.4) is 0 Å². The minimum atomic E-state index is -0.265. The number of nitrogens with zero attached hydrogens (tertiary/aromatic N) is 2. The van der Waals surface area contributed by atoms with Gasteiger partial charge in [-0.05, 0) is 26.0 Å². The van der Waals surface area contributed by atoms with E-state index in [2.05, 4.69) is 24.1 Å². The fraction of sp³-hybridized carbons (Fsp3) is 0.533. The smallest absolute Gasteiger partial charge is 0.408 e. The summed E-state index contributed by atoms with van der Waals surface area (Å²) in [7, 11) is 0. The van der Waals surface area contributed by atoms with Crippen LogP contribution in [-0.2, 0) is 6.54 Å². The van der Waals surface area contributed by atoms with E-state index in [1.807, 2.05) is 24.3 Å². The number of piperazine rings is 1. The van der Waals surface area contributed by atoms with Gasteiger partial charge < -0.3 is 9.73 Å². The highest BCUT2D eigenvalue weighted by atomic mass is 16.4. The van der Waals surface area contributed by atoms with E-state index in [1.54, 1.807) is 4.57 Å². The Hall–Kier alpha value is -1.59. The standard InChI is InChI=1S/C15H21N3O2/c1-15(2)11-16-7-8-17(15)9-10-18-12-5-3-4-6-13(12)20-14(18)19/h3-6,16H,7-11H2,1-2H3. The second-order valence-electron chi connectivity index (χ2n) is 5.96. The molecule has 1 N–H and O–H groups in total. The SMILES string of the molecule is CC1(C)CNCCN1CCn1c(=O)oc2ccccc21.